The number of hydrogen-bond donors (Lipinski definition) is 0. The van der Waals surface area contributed by atoms with Crippen molar-refractivity contribution in [1.29, 1.82) is 0 Å². The first-order valence-corrected chi connectivity index (χ1v) is 9.84. The quantitative estimate of drug-likeness (QED) is 0.704. The Kier molecular flexibility index (Phi) is 5.32. The summed E-state index contributed by atoms with van der Waals surface area (Å²) in [5.41, 5.74) is 1.80. The second kappa shape index (κ2) is 7.38. The molecule has 0 aliphatic carbocycles. The summed E-state index contributed by atoms with van der Waals surface area (Å²) in [5, 5.41) is 0. The van der Waals surface area contributed by atoms with Gasteiger partial charge < -0.3 is 9.64 Å². The van der Waals surface area contributed by atoms with Gasteiger partial charge in [-0.25, -0.2) is 4.79 Å². The molecule has 1 fully saturated rings. The number of hydrogen-bond acceptors (Lipinski definition) is 2. The molecule has 0 N–H and O–H groups in total. The van der Waals surface area contributed by atoms with Crippen LogP contribution in [-0.2, 0) is 10.2 Å². The number of carbonyl (C=O) groups is 1. The molecule has 3 heteroatoms. The lowest BCUT2D eigenvalue weighted by molar-refractivity contribution is 0.0185. The van der Waals surface area contributed by atoms with E-state index in [0.717, 1.165) is 6.42 Å². The molecule has 144 valence electrons. The maximum Gasteiger partial charge on any atom is 0.410 e. The lowest BCUT2D eigenvalue weighted by atomic mass is 9.72. The zero-order valence-corrected chi connectivity index (χ0v) is 17.1. The van der Waals surface area contributed by atoms with Gasteiger partial charge in [0.25, 0.3) is 0 Å². The van der Waals surface area contributed by atoms with Crippen LogP contribution < -0.4 is 0 Å². The number of amides is 1. The molecule has 1 atom stereocenters. The highest BCUT2D eigenvalue weighted by Gasteiger charge is 2.49. The Hall–Kier alpha value is -2.29. The van der Waals surface area contributed by atoms with E-state index in [4.69, 9.17) is 4.74 Å². The number of ether oxygens (including phenoxy) is 1. The van der Waals surface area contributed by atoms with Crippen molar-refractivity contribution in [2.75, 3.05) is 6.54 Å². The summed E-state index contributed by atoms with van der Waals surface area (Å²) < 4.78 is 5.75. The minimum Gasteiger partial charge on any atom is -0.444 e. The maximum absolute atomic E-state index is 13.0. The molecule has 0 aromatic heterocycles. The smallest absolute Gasteiger partial charge is 0.410 e. The van der Waals surface area contributed by atoms with E-state index in [-0.39, 0.29) is 17.6 Å². The van der Waals surface area contributed by atoms with Gasteiger partial charge in [-0.3, -0.25) is 0 Å². The standard InChI is InChI=1S/C24H31NO2/c1-18(2)21-16-24(19-12-8-6-9-13-19,20-14-10-7-11-15-20)17-25(21)22(26)27-23(3,4)5/h6-15,18,21H,16-17H2,1-5H3. The molecular formula is C24H31NO2. The van der Waals surface area contributed by atoms with E-state index in [1.165, 1.54) is 11.1 Å². The summed E-state index contributed by atoms with van der Waals surface area (Å²) >= 11 is 0. The van der Waals surface area contributed by atoms with Crippen LogP contribution in [0.1, 0.15) is 52.2 Å². The van der Waals surface area contributed by atoms with Gasteiger partial charge in [-0.1, -0.05) is 74.5 Å². The molecule has 0 bridgehead atoms. The van der Waals surface area contributed by atoms with Crippen LogP contribution in [0.25, 0.3) is 0 Å². The normalized spacial score (nSPS) is 19.3. The molecule has 2 aromatic carbocycles. The van der Waals surface area contributed by atoms with Crippen molar-refractivity contribution >= 4 is 6.09 Å². The van der Waals surface area contributed by atoms with Crippen molar-refractivity contribution in [3.8, 4) is 0 Å². The average Bonchev–Trinajstić information content (AvgIpc) is 3.04. The van der Waals surface area contributed by atoms with Gasteiger partial charge in [-0.2, -0.15) is 0 Å². The third-order valence-electron chi connectivity index (χ3n) is 5.45. The second-order valence-corrected chi connectivity index (χ2v) is 8.94. The van der Waals surface area contributed by atoms with E-state index in [1.807, 2.05) is 37.8 Å². The van der Waals surface area contributed by atoms with Gasteiger partial charge in [0.1, 0.15) is 5.60 Å². The first-order valence-electron chi connectivity index (χ1n) is 9.84. The summed E-state index contributed by atoms with van der Waals surface area (Å²) in [6.45, 7) is 10.8. The Bertz CT molecular complexity index is 722. The van der Waals surface area contributed by atoms with Gasteiger partial charge in [0.2, 0.25) is 0 Å². The molecule has 2 aromatic rings. The molecule has 1 unspecified atom stereocenters. The first-order chi connectivity index (χ1) is 12.7. The van der Waals surface area contributed by atoms with Crippen molar-refractivity contribution in [2.45, 2.75) is 58.1 Å². The molecule has 1 amide bonds. The highest BCUT2D eigenvalue weighted by atomic mass is 16.6. The minimum atomic E-state index is -0.497. The summed E-state index contributed by atoms with van der Waals surface area (Å²) in [4.78, 5) is 15.0. The fourth-order valence-electron chi connectivity index (χ4n) is 4.16. The average molecular weight is 366 g/mol. The van der Waals surface area contributed by atoms with Gasteiger partial charge >= 0.3 is 6.09 Å². The second-order valence-electron chi connectivity index (χ2n) is 8.94. The maximum atomic E-state index is 13.0. The minimum absolute atomic E-state index is 0.139. The molecule has 3 nitrogen and oxygen atoms in total. The van der Waals surface area contributed by atoms with Gasteiger partial charge in [-0.15, -0.1) is 0 Å². The Morgan fingerprint density at radius 3 is 1.89 bits per heavy atom. The van der Waals surface area contributed by atoms with Crippen LogP contribution in [0.2, 0.25) is 0 Å². The van der Waals surface area contributed by atoms with Gasteiger partial charge in [0.15, 0.2) is 0 Å². The topological polar surface area (TPSA) is 29.5 Å². The number of rotatable bonds is 3. The summed E-state index contributed by atoms with van der Waals surface area (Å²) in [6.07, 6.45) is 0.688. The van der Waals surface area contributed by atoms with E-state index in [9.17, 15) is 4.79 Å². The van der Waals surface area contributed by atoms with Crippen LogP contribution in [0, 0.1) is 5.92 Å². The van der Waals surface area contributed by atoms with Crippen LogP contribution >= 0.6 is 0 Å². The van der Waals surface area contributed by atoms with Crippen LogP contribution in [0.4, 0.5) is 4.79 Å². The molecule has 0 radical (unpaired) electrons. The molecule has 0 spiro atoms. The molecule has 1 saturated heterocycles. The fourth-order valence-corrected chi connectivity index (χ4v) is 4.16. The highest BCUT2D eigenvalue weighted by Crippen LogP contribution is 2.45. The first kappa shape index (κ1) is 19.5. The van der Waals surface area contributed by atoms with Gasteiger partial charge in [-0.05, 0) is 44.2 Å². The predicted octanol–water partition coefficient (Wildman–Crippen LogP) is 5.64. The molecule has 0 saturated carbocycles. The van der Waals surface area contributed by atoms with Crippen LogP contribution in [0.3, 0.4) is 0 Å². The SMILES string of the molecule is CC(C)C1CC(c2ccccc2)(c2ccccc2)CN1C(=O)OC(C)(C)C. The fraction of sp³-hybridized carbons (Fsp3) is 0.458. The van der Waals surface area contributed by atoms with Crippen molar-refractivity contribution in [3.05, 3.63) is 71.8 Å². The highest BCUT2D eigenvalue weighted by molar-refractivity contribution is 5.70. The van der Waals surface area contributed by atoms with Crippen LogP contribution in [-0.4, -0.2) is 29.2 Å². The molecular weight excluding hydrogens is 334 g/mol. The number of carbonyl (C=O) groups excluding carboxylic acids is 1. The molecule has 1 heterocycles. The zero-order valence-electron chi connectivity index (χ0n) is 17.1. The van der Waals surface area contributed by atoms with Gasteiger partial charge in [0, 0.05) is 18.0 Å². The van der Waals surface area contributed by atoms with Crippen molar-refractivity contribution < 1.29 is 9.53 Å². The zero-order chi connectivity index (χ0) is 19.7. The molecule has 1 aliphatic rings. The number of nitrogens with zero attached hydrogens (tertiary/aromatic N) is 1. The van der Waals surface area contributed by atoms with E-state index in [2.05, 4.69) is 62.4 Å². The van der Waals surface area contributed by atoms with Crippen molar-refractivity contribution in [3.63, 3.8) is 0 Å². The Morgan fingerprint density at radius 2 is 1.48 bits per heavy atom. The number of likely N-dealkylation sites (tertiary alicyclic amines) is 1. The van der Waals surface area contributed by atoms with Crippen molar-refractivity contribution in [2.24, 2.45) is 5.92 Å². The summed E-state index contributed by atoms with van der Waals surface area (Å²) in [7, 11) is 0. The third kappa shape index (κ3) is 4.02. The molecule has 27 heavy (non-hydrogen) atoms. The molecule has 3 rings (SSSR count). The van der Waals surface area contributed by atoms with E-state index in [0.29, 0.717) is 12.5 Å². The molecule has 1 aliphatic heterocycles. The van der Waals surface area contributed by atoms with E-state index < -0.39 is 5.60 Å². The summed E-state index contributed by atoms with van der Waals surface area (Å²) in [6, 6.07) is 21.3. The lowest BCUT2D eigenvalue weighted by Gasteiger charge is -2.31. The monoisotopic (exact) mass is 365 g/mol. The van der Waals surface area contributed by atoms with Gasteiger partial charge in [0.05, 0.1) is 0 Å². The Balaban J connectivity index is 2.06. The Labute approximate surface area is 163 Å². The Morgan fingerprint density at radius 1 is 1.00 bits per heavy atom. The largest absolute Gasteiger partial charge is 0.444 e. The predicted molar refractivity (Wildman–Crippen MR) is 110 cm³/mol. The summed E-state index contributed by atoms with van der Waals surface area (Å²) in [5.74, 6) is 0.354. The van der Waals surface area contributed by atoms with Crippen LogP contribution in [0.15, 0.2) is 60.7 Å². The van der Waals surface area contributed by atoms with Crippen molar-refractivity contribution in [1.82, 2.24) is 4.90 Å². The lowest BCUT2D eigenvalue weighted by Crippen LogP contribution is -2.42. The van der Waals surface area contributed by atoms with E-state index >= 15 is 0 Å². The van der Waals surface area contributed by atoms with Crippen LogP contribution in [0.5, 0.6) is 0 Å². The van der Waals surface area contributed by atoms with E-state index in [1.54, 1.807) is 0 Å². The third-order valence-corrected chi connectivity index (χ3v) is 5.45. The number of benzene rings is 2.